The van der Waals surface area contributed by atoms with Gasteiger partial charge in [-0.25, -0.2) is 0 Å². The highest BCUT2D eigenvalue weighted by Crippen LogP contribution is 1.83. The van der Waals surface area contributed by atoms with Gasteiger partial charge >= 0.3 is 0 Å². The average Bonchev–Trinajstić information content (AvgIpc) is 1.68. The molecule has 2 nitrogen and oxygen atoms in total. The molecule has 0 amide bonds. The first-order valence-corrected chi connectivity index (χ1v) is 2.32. The molecule has 0 aliphatic heterocycles. The first-order valence-electron chi connectivity index (χ1n) is 2.90. The van der Waals surface area contributed by atoms with Crippen molar-refractivity contribution in [3.05, 3.63) is 0 Å². The van der Waals surface area contributed by atoms with Gasteiger partial charge in [0.15, 0.2) is 0 Å². The molecule has 2 heteroatoms. The fraction of sp³-hybridized carbons (Fsp3) is 0.800. The Hall–Kier alpha value is -0.530. The van der Waals surface area contributed by atoms with E-state index in [1.165, 1.54) is 0 Å². The monoisotopic (exact) mass is 104 g/mol. The van der Waals surface area contributed by atoms with Crippen LogP contribution in [0.25, 0.3) is 0 Å². The molecule has 0 fully saturated rings. The van der Waals surface area contributed by atoms with Crippen molar-refractivity contribution in [1.82, 2.24) is 0 Å². The van der Waals surface area contributed by atoms with E-state index < -0.39 is 6.58 Å². The molecule has 7 heavy (non-hydrogen) atoms. The highest BCUT2D eigenvalue weighted by Gasteiger charge is 1.78. The lowest BCUT2D eigenvalue weighted by atomic mass is 10.4. The van der Waals surface area contributed by atoms with Crippen molar-refractivity contribution >= 4 is 6.47 Å². The lowest BCUT2D eigenvalue weighted by Crippen LogP contribution is -1.88. The minimum absolute atomic E-state index is 0.313. The van der Waals surface area contributed by atoms with Gasteiger partial charge in [0.05, 0.1) is 7.95 Å². The number of carbonyl (C=O) groups is 1. The predicted molar refractivity (Wildman–Crippen MR) is 26.9 cm³/mol. The van der Waals surface area contributed by atoms with Crippen LogP contribution >= 0.6 is 0 Å². The molecule has 0 rings (SSSR count). The molecule has 0 saturated heterocycles. The molecule has 0 radical (unpaired) electrons. The van der Waals surface area contributed by atoms with Gasteiger partial charge in [-0.05, 0) is 6.42 Å². The minimum Gasteiger partial charge on any atom is -0.468 e. The van der Waals surface area contributed by atoms with Gasteiger partial charge in [0, 0.05) is 0 Å². The molecule has 1 atom stereocenters. The third kappa shape index (κ3) is 5.47. The zero-order chi connectivity index (χ0) is 6.41. The zero-order valence-corrected chi connectivity index (χ0v) is 4.39. The molecule has 0 aromatic carbocycles. The molecular weight excluding hydrogens is 92.1 g/mol. The molecule has 1 unspecified atom stereocenters. The van der Waals surface area contributed by atoms with E-state index in [0.717, 1.165) is 6.42 Å². The first kappa shape index (κ1) is 4.62. The smallest absolute Gasteiger partial charge is 0.293 e. The van der Waals surface area contributed by atoms with Gasteiger partial charge in [-0.2, -0.15) is 0 Å². The topological polar surface area (TPSA) is 26.3 Å². The first-order chi connectivity index (χ1) is 3.81. The Morgan fingerprint density at radius 2 is 2.71 bits per heavy atom. The van der Waals surface area contributed by atoms with Crippen LogP contribution in [0.2, 0.25) is 0 Å². The van der Waals surface area contributed by atoms with Crippen molar-refractivity contribution in [2.75, 3.05) is 6.58 Å². The fourth-order valence-corrected chi connectivity index (χ4v) is 0.225. The van der Waals surface area contributed by atoms with Crippen LogP contribution < -0.4 is 0 Å². The second-order valence-electron chi connectivity index (χ2n) is 1.19. The largest absolute Gasteiger partial charge is 0.468 e. The van der Waals surface area contributed by atoms with Gasteiger partial charge in [0.1, 0.15) is 0 Å². The molecular formula is C5H10O2. The van der Waals surface area contributed by atoms with Crippen LogP contribution in [0.15, 0.2) is 0 Å². The third-order valence-corrected chi connectivity index (χ3v) is 0.558. The summed E-state index contributed by atoms with van der Waals surface area (Å²) in [7, 11) is 0. The highest BCUT2D eigenvalue weighted by atomic mass is 16.5. The molecule has 0 aromatic heterocycles. The van der Waals surface area contributed by atoms with E-state index in [4.69, 9.17) is 1.37 Å². The average molecular weight is 104 g/mol. The van der Waals surface area contributed by atoms with Crippen LogP contribution in [0.3, 0.4) is 0 Å². The molecule has 42 valence electrons. The zero-order valence-electron chi connectivity index (χ0n) is 5.39. The Balaban J connectivity index is 3.03. The predicted octanol–water partition coefficient (Wildman–Crippen LogP) is 0.960. The normalized spacial score (nSPS) is 14.7. The SMILES string of the molecule is [3H]C(CCC)OC=O. The standard InChI is InChI=1S/C5H10O2/c1-2-3-4-7-5-6/h5H,2-4H2,1H3/i4T. The van der Waals surface area contributed by atoms with Crippen LogP contribution in [0.5, 0.6) is 0 Å². The maximum absolute atomic E-state index is 9.55. The summed E-state index contributed by atoms with van der Waals surface area (Å²) in [5, 5.41) is 0. The molecule has 0 heterocycles. The molecule has 0 bridgehead atoms. The van der Waals surface area contributed by atoms with Gasteiger partial charge in [-0.15, -0.1) is 0 Å². The van der Waals surface area contributed by atoms with Crippen molar-refractivity contribution in [1.29, 1.82) is 0 Å². The van der Waals surface area contributed by atoms with Crippen molar-refractivity contribution in [3.8, 4) is 0 Å². The second kappa shape index (κ2) is 5.47. The number of carbonyl (C=O) groups excluding carboxylic acids is 1. The summed E-state index contributed by atoms with van der Waals surface area (Å²) in [6, 6.07) is 0. The van der Waals surface area contributed by atoms with E-state index in [9.17, 15) is 4.79 Å². The second-order valence-corrected chi connectivity index (χ2v) is 1.19. The van der Waals surface area contributed by atoms with Crippen LogP contribution in [-0.4, -0.2) is 13.1 Å². The number of ether oxygens (including phenoxy) is 1. The van der Waals surface area contributed by atoms with Crippen LogP contribution in [0.4, 0.5) is 0 Å². The molecule has 0 aromatic rings. The number of hydrogen-bond donors (Lipinski definition) is 0. The van der Waals surface area contributed by atoms with Gasteiger partial charge in [-0.1, -0.05) is 13.3 Å². The fourth-order valence-electron chi connectivity index (χ4n) is 0.225. The number of rotatable bonds is 4. The Morgan fingerprint density at radius 3 is 3.14 bits per heavy atom. The summed E-state index contributed by atoms with van der Waals surface area (Å²) < 4.78 is 11.2. The summed E-state index contributed by atoms with van der Waals surface area (Å²) >= 11 is 0. The lowest BCUT2D eigenvalue weighted by molar-refractivity contribution is -0.128. The number of hydrogen-bond acceptors (Lipinski definition) is 2. The van der Waals surface area contributed by atoms with E-state index in [-0.39, 0.29) is 0 Å². The van der Waals surface area contributed by atoms with Crippen LogP contribution in [0, 0.1) is 0 Å². The summed E-state index contributed by atoms with van der Waals surface area (Å²) in [6.07, 6.45) is 1.50. The van der Waals surface area contributed by atoms with Gasteiger partial charge in [0.2, 0.25) is 0 Å². The maximum Gasteiger partial charge on any atom is 0.293 e. The summed E-state index contributed by atoms with van der Waals surface area (Å²) in [5.41, 5.74) is 0. The molecule has 0 spiro atoms. The highest BCUT2D eigenvalue weighted by molar-refractivity contribution is 5.36. The summed E-state index contributed by atoms with van der Waals surface area (Å²) in [6.45, 7) is 1.60. The van der Waals surface area contributed by atoms with Crippen molar-refractivity contribution < 1.29 is 10.9 Å². The van der Waals surface area contributed by atoms with E-state index in [1.807, 2.05) is 6.92 Å². The Labute approximate surface area is 44.9 Å². The van der Waals surface area contributed by atoms with E-state index in [2.05, 4.69) is 4.74 Å². The Kier molecular flexibility index (Phi) is 3.61. The van der Waals surface area contributed by atoms with Crippen molar-refractivity contribution in [2.24, 2.45) is 0 Å². The quantitative estimate of drug-likeness (QED) is 0.496. The molecule has 0 N–H and O–H groups in total. The summed E-state index contributed by atoms with van der Waals surface area (Å²) in [4.78, 5) is 9.55. The molecule has 0 aliphatic carbocycles. The van der Waals surface area contributed by atoms with E-state index >= 15 is 0 Å². The minimum atomic E-state index is -0.655. The van der Waals surface area contributed by atoms with Crippen LogP contribution in [0.1, 0.15) is 21.1 Å². The maximum atomic E-state index is 9.55. The summed E-state index contributed by atoms with van der Waals surface area (Å²) in [5.74, 6) is 0. The van der Waals surface area contributed by atoms with E-state index in [1.54, 1.807) is 0 Å². The van der Waals surface area contributed by atoms with Crippen molar-refractivity contribution in [2.45, 2.75) is 19.8 Å². The lowest BCUT2D eigenvalue weighted by Gasteiger charge is -1.90. The molecule has 0 saturated carbocycles. The van der Waals surface area contributed by atoms with Crippen LogP contribution in [-0.2, 0) is 9.53 Å². The van der Waals surface area contributed by atoms with E-state index in [0.29, 0.717) is 12.9 Å². The van der Waals surface area contributed by atoms with Gasteiger partial charge < -0.3 is 4.74 Å². The molecule has 0 aliphatic rings. The van der Waals surface area contributed by atoms with Crippen molar-refractivity contribution in [3.63, 3.8) is 0 Å². The third-order valence-electron chi connectivity index (χ3n) is 0.558. The van der Waals surface area contributed by atoms with Gasteiger partial charge in [0.25, 0.3) is 6.47 Å². The Bertz CT molecular complexity index is 65.4. The van der Waals surface area contributed by atoms with Gasteiger partial charge in [-0.3, -0.25) is 4.79 Å². The Morgan fingerprint density at radius 1 is 2.00 bits per heavy atom.